The monoisotopic (exact) mass is 777 g/mol. The van der Waals surface area contributed by atoms with Crippen molar-refractivity contribution in [2.75, 3.05) is 13.2 Å². The Morgan fingerprint density at radius 3 is 0.982 bits per heavy atom. The Hall–Kier alpha value is -1.85. The molecule has 1 unspecified atom stereocenters. The van der Waals surface area contributed by atoms with Gasteiger partial charge in [0.25, 0.3) is 0 Å². The van der Waals surface area contributed by atoms with Crippen molar-refractivity contribution in [2.24, 2.45) is 0 Å². The van der Waals surface area contributed by atoms with Crippen molar-refractivity contribution in [3.8, 4) is 0 Å². The average molecular weight is 777 g/mol. The minimum absolute atomic E-state index is 0.0735. The molecule has 0 aromatic carbocycles. The standard InChI is InChI=1S/C49H92O6/c1-4-7-10-13-16-19-21-23-24-25-26-28-30-33-36-39-42-48(51)54-45-46(44-53-47(50)41-38-35-32-29-18-15-12-9-6-3)55-49(52)43-40-37-34-31-27-22-20-17-14-11-8-5-2/h29,32,46H,4-28,30-31,33-45H2,1-3H3/b32-29-. The zero-order valence-electron chi connectivity index (χ0n) is 37.0. The first kappa shape index (κ1) is 53.1. The Kier molecular flexibility index (Phi) is 43.4. The largest absolute Gasteiger partial charge is 0.462 e. The van der Waals surface area contributed by atoms with Crippen LogP contribution >= 0.6 is 0 Å². The number of unbranched alkanes of at least 4 members (excludes halogenated alkanes) is 31. The first-order valence-electron chi connectivity index (χ1n) is 24.2. The van der Waals surface area contributed by atoms with Crippen LogP contribution in [0.2, 0.25) is 0 Å². The van der Waals surface area contributed by atoms with Gasteiger partial charge in [0.05, 0.1) is 0 Å². The van der Waals surface area contributed by atoms with E-state index in [2.05, 4.69) is 32.9 Å². The van der Waals surface area contributed by atoms with Crippen molar-refractivity contribution in [3.63, 3.8) is 0 Å². The molecule has 0 heterocycles. The molecule has 0 saturated heterocycles. The van der Waals surface area contributed by atoms with Crippen LogP contribution < -0.4 is 0 Å². The third-order valence-corrected chi connectivity index (χ3v) is 10.8. The van der Waals surface area contributed by atoms with Gasteiger partial charge < -0.3 is 14.2 Å². The van der Waals surface area contributed by atoms with Crippen LogP contribution in [0.25, 0.3) is 0 Å². The molecule has 0 aliphatic heterocycles. The van der Waals surface area contributed by atoms with Gasteiger partial charge in [-0.2, -0.15) is 0 Å². The average Bonchev–Trinajstić information content (AvgIpc) is 3.18. The lowest BCUT2D eigenvalue weighted by atomic mass is 10.0. The van der Waals surface area contributed by atoms with Gasteiger partial charge in [-0.1, -0.05) is 219 Å². The minimum Gasteiger partial charge on any atom is -0.462 e. The van der Waals surface area contributed by atoms with Crippen LogP contribution in [-0.4, -0.2) is 37.2 Å². The van der Waals surface area contributed by atoms with Gasteiger partial charge in [-0.3, -0.25) is 14.4 Å². The molecular formula is C49H92O6. The molecule has 0 N–H and O–H groups in total. The fraction of sp³-hybridized carbons (Fsp3) is 0.898. The van der Waals surface area contributed by atoms with Gasteiger partial charge in [0.2, 0.25) is 0 Å². The number of allylic oxidation sites excluding steroid dienone is 2. The van der Waals surface area contributed by atoms with Crippen LogP contribution in [0.1, 0.15) is 265 Å². The van der Waals surface area contributed by atoms with Crippen molar-refractivity contribution in [3.05, 3.63) is 12.2 Å². The molecular weight excluding hydrogens is 685 g/mol. The molecule has 1 atom stereocenters. The molecule has 0 saturated carbocycles. The Bertz CT molecular complexity index is 854. The highest BCUT2D eigenvalue weighted by molar-refractivity contribution is 5.71. The van der Waals surface area contributed by atoms with Gasteiger partial charge in [0, 0.05) is 19.3 Å². The molecule has 0 bridgehead atoms. The lowest BCUT2D eigenvalue weighted by Crippen LogP contribution is -2.30. The summed E-state index contributed by atoms with van der Waals surface area (Å²) in [4.78, 5) is 37.7. The van der Waals surface area contributed by atoms with Gasteiger partial charge in [0.1, 0.15) is 13.2 Å². The number of rotatable bonds is 44. The maximum atomic E-state index is 12.7. The number of carbonyl (C=O) groups excluding carboxylic acids is 3. The van der Waals surface area contributed by atoms with Crippen molar-refractivity contribution < 1.29 is 28.6 Å². The highest BCUT2D eigenvalue weighted by Crippen LogP contribution is 2.16. The zero-order chi connectivity index (χ0) is 40.1. The smallest absolute Gasteiger partial charge is 0.306 e. The fourth-order valence-corrected chi connectivity index (χ4v) is 7.09. The van der Waals surface area contributed by atoms with E-state index < -0.39 is 6.10 Å². The van der Waals surface area contributed by atoms with E-state index in [-0.39, 0.29) is 31.1 Å². The Morgan fingerprint density at radius 2 is 0.618 bits per heavy atom. The molecule has 0 aromatic rings. The second kappa shape index (κ2) is 44.9. The van der Waals surface area contributed by atoms with E-state index in [0.717, 1.165) is 57.8 Å². The predicted octanol–water partition coefficient (Wildman–Crippen LogP) is 15.4. The Labute approximate surface area is 341 Å². The lowest BCUT2D eigenvalue weighted by molar-refractivity contribution is -0.167. The minimum atomic E-state index is -0.772. The third kappa shape index (κ3) is 43.1. The molecule has 0 spiro atoms. The topological polar surface area (TPSA) is 78.9 Å². The van der Waals surface area contributed by atoms with Crippen LogP contribution in [-0.2, 0) is 28.6 Å². The maximum absolute atomic E-state index is 12.7. The number of hydrogen-bond donors (Lipinski definition) is 0. The van der Waals surface area contributed by atoms with Crippen LogP contribution in [0.3, 0.4) is 0 Å². The Morgan fingerprint density at radius 1 is 0.345 bits per heavy atom. The quantitative estimate of drug-likeness (QED) is 0.0265. The molecule has 6 nitrogen and oxygen atoms in total. The van der Waals surface area contributed by atoms with Crippen LogP contribution in [0.15, 0.2) is 12.2 Å². The zero-order valence-corrected chi connectivity index (χ0v) is 37.0. The summed E-state index contributed by atoms with van der Waals surface area (Å²) in [5, 5.41) is 0. The van der Waals surface area contributed by atoms with E-state index in [0.29, 0.717) is 19.3 Å². The van der Waals surface area contributed by atoms with Gasteiger partial charge in [-0.25, -0.2) is 0 Å². The van der Waals surface area contributed by atoms with E-state index in [1.807, 2.05) is 0 Å². The van der Waals surface area contributed by atoms with Crippen molar-refractivity contribution in [1.82, 2.24) is 0 Å². The van der Waals surface area contributed by atoms with Gasteiger partial charge >= 0.3 is 17.9 Å². The molecule has 0 aromatic heterocycles. The number of carbonyl (C=O) groups is 3. The van der Waals surface area contributed by atoms with Crippen molar-refractivity contribution in [1.29, 1.82) is 0 Å². The molecule has 324 valence electrons. The SMILES string of the molecule is CCCCCC/C=C\CCCC(=O)OCC(COC(=O)CCCCCCCCCCCCCCCCCC)OC(=O)CCCCCCCCCCCCCC. The van der Waals surface area contributed by atoms with E-state index in [9.17, 15) is 14.4 Å². The van der Waals surface area contributed by atoms with Crippen molar-refractivity contribution >= 4 is 17.9 Å². The van der Waals surface area contributed by atoms with Crippen molar-refractivity contribution in [2.45, 2.75) is 271 Å². The van der Waals surface area contributed by atoms with Crippen LogP contribution in [0.4, 0.5) is 0 Å². The van der Waals surface area contributed by atoms with Gasteiger partial charge in [-0.15, -0.1) is 0 Å². The summed E-state index contributed by atoms with van der Waals surface area (Å²) in [5.41, 5.74) is 0. The normalized spacial score (nSPS) is 12.0. The second-order valence-electron chi connectivity index (χ2n) is 16.4. The summed E-state index contributed by atoms with van der Waals surface area (Å²) in [6, 6.07) is 0. The summed E-state index contributed by atoms with van der Waals surface area (Å²) < 4.78 is 16.7. The number of ether oxygens (including phenoxy) is 3. The molecule has 0 rings (SSSR count). The molecule has 55 heavy (non-hydrogen) atoms. The molecule has 0 radical (unpaired) electrons. The first-order valence-corrected chi connectivity index (χ1v) is 24.2. The number of hydrogen-bond acceptors (Lipinski definition) is 6. The summed E-state index contributed by atoms with van der Waals surface area (Å²) in [6.07, 6.45) is 47.7. The summed E-state index contributed by atoms with van der Waals surface area (Å²) >= 11 is 0. The van der Waals surface area contributed by atoms with E-state index >= 15 is 0 Å². The molecule has 0 amide bonds. The second-order valence-corrected chi connectivity index (χ2v) is 16.4. The molecule has 0 aliphatic rings. The highest BCUT2D eigenvalue weighted by atomic mass is 16.6. The maximum Gasteiger partial charge on any atom is 0.306 e. The molecule has 0 fully saturated rings. The lowest BCUT2D eigenvalue weighted by Gasteiger charge is -2.18. The predicted molar refractivity (Wildman–Crippen MR) is 233 cm³/mol. The fourth-order valence-electron chi connectivity index (χ4n) is 7.09. The van der Waals surface area contributed by atoms with Crippen LogP contribution in [0.5, 0.6) is 0 Å². The van der Waals surface area contributed by atoms with E-state index in [4.69, 9.17) is 14.2 Å². The van der Waals surface area contributed by atoms with Gasteiger partial charge in [-0.05, 0) is 38.5 Å². The van der Waals surface area contributed by atoms with Crippen LogP contribution in [0, 0.1) is 0 Å². The summed E-state index contributed by atoms with van der Waals surface area (Å²) in [5.74, 6) is -0.899. The molecule has 0 aliphatic carbocycles. The third-order valence-electron chi connectivity index (χ3n) is 10.8. The number of esters is 3. The molecule has 6 heteroatoms. The van der Waals surface area contributed by atoms with E-state index in [1.54, 1.807) is 0 Å². The highest BCUT2D eigenvalue weighted by Gasteiger charge is 2.19. The summed E-state index contributed by atoms with van der Waals surface area (Å²) in [7, 11) is 0. The first-order chi connectivity index (χ1) is 27.0. The Balaban J connectivity index is 4.29. The van der Waals surface area contributed by atoms with Gasteiger partial charge in [0.15, 0.2) is 6.10 Å². The van der Waals surface area contributed by atoms with E-state index in [1.165, 1.54) is 167 Å². The summed E-state index contributed by atoms with van der Waals surface area (Å²) in [6.45, 7) is 6.60.